The van der Waals surface area contributed by atoms with Crippen molar-refractivity contribution in [2.45, 2.75) is 52.2 Å². The maximum absolute atomic E-state index is 15.0. The summed E-state index contributed by atoms with van der Waals surface area (Å²) in [5.41, 5.74) is 0.148. The molecule has 9 heteroatoms. The highest BCUT2D eigenvalue weighted by atomic mass is 19.1. The van der Waals surface area contributed by atoms with Crippen LogP contribution in [0.25, 0.3) is 22.2 Å². The summed E-state index contributed by atoms with van der Waals surface area (Å²) in [6.07, 6.45) is 3.69. The zero-order valence-electron chi connectivity index (χ0n) is 18.2. The van der Waals surface area contributed by atoms with Gasteiger partial charge < -0.3 is 19.9 Å². The molecule has 1 aliphatic heterocycles. The van der Waals surface area contributed by atoms with E-state index in [1.54, 1.807) is 42.9 Å². The first-order chi connectivity index (χ1) is 15.1. The maximum Gasteiger partial charge on any atom is 0.231 e. The van der Waals surface area contributed by atoms with Crippen LogP contribution in [0.1, 0.15) is 40.0 Å². The number of pyridine rings is 1. The molecule has 1 aliphatic carbocycles. The van der Waals surface area contributed by atoms with Gasteiger partial charge in [0.15, 0.2) is 23.0 Å². The average molecular weight is 440 g/mol. The van der Waals surface area contributed by atoms with Crippen LogP contribution in [0.4, 0.5) is 10.2 Å². The Morgan fingerprint density at radius 3 is 2.84 bits per heavy atom. The Balaban J connectivity index is 1.57. The van der Waals surface area contributed by atoms with Crippen molar-refractivity contribution in [2.24, 2.45) is 5.41 Å². The summed E-state index contributed by atoms with van der Waals surface area (Å²) in [5.74, 6) is 0.214. The van der Waals surface area contributed by atoms with E-state index < -0.39 is 11.4 Å². The van der Waals surface area contributed by atoms with Gasteiger partial charge in [-0.25, -0.2) is 14.1 Å². The van der Waals surface area contributed by atoms with Crippen LogP contribution in [-0.4, -0.2) is 38.2 Å². The number of ether oxygens (including phenoxy) is 2. The van der Waals surface area contributed by atoms with Crippen molar-refractivity contribution in [1.29, 1.82) is 0 Å². The van der Waals surface area contributed by atoms with Crippen molar-refractivity contribution in [1.82, 2.24) is 14.8 Å². The van der Waals surface area contributed by atoms with E-state index in [1.807, 2.05) is 6.92 Å². The number of aryl methyl sites for hydroxylation is 1. The van der Waals surface area contributed by atoms with E-state index in [1.165, 1.54) is 0 Å². The Morgan fingerprint density at radius 2 is 2.12 bits per heavy atom. The van der Waals surface area contributed by atoms with Gasteiger partial charge in [0.05, 0.1) is 11.0 Å². The van der Waals surface area contributed by atoms with Crippen LogP contribution >= 0.6 is 0 Å². The summed E-state index contributed by atoms with van der Waals surface area (Å²) in [6.45, 7) is 5.77. The van der Waals surface area contributed by atoms with Gasteiger partial charge in [0.25, 0.3) is 0 Å². The lowest BCUT2D eigenvalue weighted by molar-refractivity contribution is -0.120. The lowest BCUT2D eigenvalue weighted by Gasteiger charge is -2.16. The van der Waals surface area contributed by atoms with Crippen LogP contribution in [0.5, 0.6) is 11.5 Å². The van der Waals surface area contributed by atoms with Crippen molar-refractivity contribution in [2.75, 3.05) is 12.1 Å². The van der Waals surface area contributed by atoms with E-state index in [9.17, 15) is 9.90 Å². The monoisotopic (exact) mass is 440 g/mol. The molecule has 32 heavy (non-hydrogen) atoms. The number of hydrogen-bond acceptors (Lipinski definition) is 6. The number of rotatable bonds is 6. The minimum atomic E-state index is -0.876. The lowest BCUT2D eigenvalue weighted by Crippen LogP contribution is -2.22. The molecule has 1 aromatic carbocycles. The molecular weight excluding hydrogens is 415 g/mol. The third kappa shape index (κ3) is 3.66. The van der Waals surface area contributed by atoms with Crippen molar-refractivity contribution >= 4 is 22.8 Å². The van der Waals surface area contributed by atoms with Gasteiger partial charge in [0, 0.05) is 29.3 Å². The Bertz CT molecular complexity index is 1230. The second-order valence-corrected chi connectivity index (χ2v) is 9.41. The van der Waals surface area contributed by atoms with E-state index in [2.05, 4.69) is 15.4 Å². The molecule has 8 nitrogen and oxygen atoms in total. The summed E-state index contributed by atoms with van der Waals surface area (Å²) < 4.78 is 27.2. The predicted octanol–water partition coefficient (Wildman–Crippen LogP) is 3.87. The van der Waals surface area contributed by atoms with Gasteiger partial charge in [-0.05, 0) is 51.3 Å². The summed E-state index contributed by atoms with van der Waals surface area (Å²) in [6, 6.07) is 5.05. The van der Waals surface area contributed by atoms with Gasteiger partial charge >= 0.3 is 0 Å². The first-order valence-corrected chi connectivity index (χ1v) is 10.6. The third-order valence-corrected chi connectivity index (χ3v) is 6.09. The summed E-state index contributed by atoms with van der Waals surface area (Å²) >= 11 is 0. The number of aliphatic hydroxyl groups is 1. The standard InChI is InChI=1S/C23H25FN4O4/c1-22(2,30)8-9-28-20-15(19(27-28)26-21(29)23(3)6-7-23)10-13(11-25-20)14-4-5-16-18(17(14)24)32-12-31-16/h4-5,10-11,30H,6-9,12H2,1-3H3,(H,26,27,29). The Morgan fingerprint density at radius 1 is 1.34 bits per heavy atom. The molecule has 5 rings (SSSR count). The number of fused-ring (bicyclic) bond motifs is 2. The highest BCUT2D eigenvalue weighted by Crippen LogP contribution is 2.46. The van der Waals surface area contributed by atoms with Gasteiger partial charge in [-0.1, -0.05) is 6.92 Å². The Kier molecular flexibility index (Phi) is 4.63. The molecule has 2 N–H and O–H groups in total. The molecule has 0 radical (unpaired) electrons. The number of aromatic nitrogens is 3. The molecule has 168 valence electrons. The minimum absolute atomic E-state index is 0.0179. The molecule has 2 aliphatic rings. The number of anilines is 1. The molecule has 3 aromatic rings. The van der Waals surface area contributed by atoms with E-state index in [0.717, 1.165) is 12.8 Å². The third-order valence-electron chi connectivity index (χ3n) is 6.09. The normalized spacial score (nSPS) is 16.4. The van der Waals surface area contributed by atoms with Gasteiger partial charge in [-0.3, -0.25) is 4.79 Å². The summed E-state index contributed by atoms with van der Waals surface area (Å²) in [4.78, 5) is 17.2. The molecule has 2 aromatic heterocycles. The smallest absolute Gasteiger partial charge is 0.231 e. The summed E-state index contributed by atoms with van der Waals surface area (Å²) in [5, 5.41) is 18.2. The predicted molar refractivity (Wildman–Crippen MR) is 116 cm³/mol. The van der Waals surface area contributed by atoms with Crippen LogP contribution < -0.4 is 14.8 Å². The molecule has 1 amide bonds. The van der Waals surface area contributed by atoms with E-state index in [4.69, 9.17) is 9.47 Å². The second-order valence-electron chi connectivity index (χ2n) is 9.41. The molecular formula is C23H25FN4O4. The number of carbonyl (C=O) groups is 1. The Labute approximate surface area is 184 Å². The van der Waals surface area contributed by atoms with E-state index in [0.29, 0.717) is 46.7 Å². The van der Waals surface area contributed by atoms with Crippen molar-refractivity contribution in [3.8, 4) is 22.6 Å². The maximum atomic E-state index is 15.0. The topological polar surface area (TPSA) is 98.5 Å². The number of amides is 1. The first-order valence-electron chi connectivity index (χ1n) is 10.6. The van der Waals surface area contributed by atoms with Gasteiger partial charge in [-0.2, -0.15) is 5.10 Å². The number of nitrogens with one attached hydrogen (secondary N) is 1. The number of benzene rings is 1. The van der Waals surface area contributed by atoms with E-state index in [-0.39, 0.29) is 23.9 Å². The molecule has 0 unspecified atom stereocenters. The zero-order chi connectivity index (χ0) is 22.7. The number of hydrogen-bond donors (Lipinski definition) is 2. The van der Waals surface area contributed by atoms with Crippen molar-refractivity contribution < 1.29 is 23.8 Å². The molecule has 0 spiro atoms. The van der Waals surface area contributed by atoms with Gasteiger partial charge in [0.2, 0.25) is 18.4 Å². The van der Waals surface area contributed by atoms with Crippen molar-refractivity contribution in [3.05, 3.63) is 30.2 Å². The molecule has 3 heterocycles. The fourth-order valence-electron chi connectivity index (χ4n) is 3.67. The fraction of sp³-hybridized carbons (Fsp3) is 0.435. The highest BCUT2D eigenvalue weighted by Gasteiger charge is 2.45. The minimum Gasteiger partial charge on any atom is -0.453 e. The van der Waals surface area contributed by atoms with Crippen LogP contribution in [0.15, 0.2) is 24.4 Å². The van der Waals surface area contributed by atoms with Crippen molar-refractivity contribution in [3.63, 3.8) is 0 Å². The van der Waals surface area contributed by atoms with E-state index >= 15 is 4.39 Å². The lowest BCUT2D eigenvalue weighted by atomic mass is 10.0. The summed E-state index contributed by atoms with van der Waals surface area (Å²) in [7, 11) is 0. The molecule has 1 fully saturated rings. The molecule has 0 bridgehead atoms. The Hall–Kier alpha value is -3.20. The van der Waals surface area contributed by atoms with Crippen LogP contribution in [0, 0.1) is 11.2 Å². The fourth-order valence-corrected chi connectivity index (χ4v) is 3.67. The number of halogens is 1. The second kappa shape index (κ2) is 7.16. The van der Waals surface area contributed by atoms with Crippen LogP contribution in [0.2, 0.25) is 0 Å². The van der Waals surface area contributed by atoms with Crippen LogP contribution in [0.3, 0.4) is 0 Å². The average Bonchev–Trinajstić information content (AvgIpc) is 3.18. The largest absolute Gasteiger partial charge is 0.453 e. The molecule has 0 atom stereocenters. The van der Waals surface area contributed by atoms with Gasteiger partial charge in [0.1, 0.15) is 0 Å². The zero-order valence-corrected chi connectivity index (χ0v) is 18.2. The molecule has 0 saturated heterocycles. The number of carbonyl (C=O) groups excluding carboxylic acids is 1. The first kappa shape index (κ1) is 20.7. The highest BCUT2D eigenvalue weighted by molar-refractivity contribution is 6.03. The van der Waals surface area contributed by atoms with Crippen LogP contribution in [-0.2, 0) is 11.3 Å². The van der Waals surface area contributed by atoms with Gasteiger partial charge in [-0.15, -0.1) is 0 Å². The quantitative estimate of drug-likeness (QED) is 0.604. The molecule has 1 saturated carbocycles. The number of nitrogens with zero attached hydrogens (tertiary/aromatic N) is 3. The SMILES string of the molecule is CC(C)(O)CCn1nc(NC(=O)C2(C)CC2)c2cc(-c3ccc4c(c3F)OCO4)cnc21.